The Labute approximate surface area is 95.8 Å². The van der Waals surface area contributed by atoms with Gasteiger partial charge in [0.1, 0.15) is 5.82 Å². The first-order chi connectivity index (χ1) is 7.77. The van der Waals surface area contributed by atoms with E-state index in [2.05, 4.69) is 5.48 Å². The standard InChI is InChI=1S/C13H18FNO/c1-10(12-8-4-5-9-13(12)14)15-16-11-6-2-3-7-11/h4-5,8-11,15H,2-3,6-7H2,1H3. The molecule has 3 heteroatoms. The molecule has 0 spiro atoms. The normalized spacial score (nSPS) is 18.9. The van der Waals surface area contributed by atoms with Crippen LogP contribution in [0.1, 0.15) is 44.2 Å². The highest BCUT2D eigenvalue weighted by Crippen LogP contribution is 2.22. The summed E-state index contributed by atoms with van der Waals surface area (Å²) in [5, 5.41) is 0. The molecule has 1 fully saturated rings. The zero-order valence-electron chi connectivity index (χ0n) is 9.58. The molecular formula is C13H18FNO. The molecule has 1 atom stereocenters. The molecule has 1 aliphatic carbocycles. The maximum absolute atomic E-state index is 13.4. The van der Waals surface area contributed by atoms with Gasteiger partial charge in [-0.3, -0.25) is 4.84 Å². The number of benzene rings is 1. The molecule has 88 valence electrons. The molecule has 1 aliphatic rings. The second-order valence-electron chi connectivity index (χ2n) is 4.39. The Morgan fingerprint density at radius 3 is 2.69 bits per heavy atom. The van der Waals surface area contributed by atoms with E-state index in [1.54, 1.807) is 12.1 Å². The average Bonchev–Trinajstić information content (AvgIpc) is 2.79. The molecule has 1 saturated carbocycles. The highest BCUT2D eigenvalue weighted by atomic mass is 19.1. The number of hydroxylamine groups is 1. The molecule has 1 unspecified atom stereocenters. The minimum atomic E-state index is -0.183. The summed E-state index contributed by atoms with van der Waals surface area (Å²) in [6.07, 6.45) is 4.99. The molecule has 0 heterocycles. The predicted molar refractivity (Wildman–Crippen MR) is 61.3 cm³/mol. The quantitative estimate of drug-likeness (QED) is 0.790. The summed E-state index contributed by atoms with van der Waals surface area (Å²) in [6, 6.07) is 6.69. The van der Waals surface area contributed by atoms with E-state index < -0.39 is 0 Å². The van der Waals surface area contributed by atoms with Crippen LogP contribution in [-0.4, -0.2) is 6.10 Å². The van der Waals surface area contributed by atoms with Gasteiger partial charge in [0.15, 0.2) is 0 Å². The second-order valence-corrected chi connectivity index (χ2v) is 4.39. The summed E-state index contributed by atoms with van der Waals surface area (Å²) < 4.78 is 13.4. The van der Waals surface area contributed by atoms with Crippen LogP contribution in [0.2, 0.25) is 0 Å². The van der Waals surface area contributed by atoms with Gasteiger partial charge in [0.2, 0.25) is 0 Å². The lowest BCUT2D eigenvalue weighted by molar-refractivity contribution is -0.0381. The molecule has 0 aliphatic heterocycles. The molecule has 0 aromatic heterocycles. The minimum absolute atomic E-state index is 0.109. The molecular weight excluding hydrogens is 205 g/mol. The average molecular weight is 223 g/mol. The largest absolute Gasteiger partial charge is 0.298 e. The van der Waals surface area contributed by atoms with Crippen molar-refractivity contribution in [2.24, 2.45) is 0 Å². The molecule has 2 rings (SSSR count). The number of hydrogen-bond acceptors (Lipinski definition) is 2. The van der Waals surface area contributed by atoms with Crippen LogP contribution in [0.4, 0.5) is 4.39 Å². The number of rotatable bonds is 4. The van der Waals surface area contributed by atoms with Crippen LogP contribution in [-0.2, 0) is 4.84 Å². The number of hydrogen-bond donors (Lipinski definition) is 1. The second kappa shape index (κ2) is 5.41. The predicted octanol–water partition coefficient (Wildman–Crippen LogP) is 3.35. The Kier molecular flexibility index (Phi) is 3.91. The van der Waals surface area contributed by atoms with Crippen LogP contribution >= 0.6 is 0 Å². The fraction of sp³-hybridized carbons (Fsp3) is 0.538. The van der Waals surface area contributed by atoms with E-state index in [9.17, 15) is 4.39 Å². The highest BCUT2D eigenvalue weighted by Gasteiger charge is 2.17. The smallest absolute Gasteiger partial charge is 0.128 e. The van der Waals surface area contributed by atoms with Crippen LogP contribution in [0.5, 0.6) is 0 Å². The van der Waals surface area contributed by atoms with E-state index in [-0.39, 0.29) is 11.9 Å². The van der Waals surface area contributed by atoms with Gasteiger partial charge in [0, 0.05) is 5.56 Å². The van der Waals surface area contributed by atoms with Crippen molar-refractivity contribution in [3.05, 3.63) is 35.6 Å². The van der Waals surface area contributed by atoms with Gasteiger partial charge in [0.25, 0.3) is 0 Å². The van der Waals surface area contributed by atoms with Crippen molar-refractivity contribution in [1.82, 2.24) is 5.48 Å². The fourth-order valence-corrected chi connectivity index (χ4v) is 2.09. The summed E-state index contributed by atoms with van der Waals surface area (Å²) in [6.45, 7) is 1.91. The lowest BCUT2D eigenvalue weighted by Gasteiger charge is -2.18. The zero-order chi connectivity index (χ0) is 11.4. The highest BCUT2D eigenvalue weighted by molar-refractivity contribution is 5.20. The van der Waals surface area contributed by atoms with Crippen LogP contribution in [0.25, 0.3) is 0 Å². The van der Waals surface area contributed by atoms with Crippen molar-refractivity contribution in [1.29, 1.82) is 0 Å². The molecule has 0 bridgehead atoms. The maximum atomic E-state index is 13.4. The third-order valence-electron chi connectivity index (χ3n) is 3.09. The van der Waals surface area contributed by atoms with E-state index >= 15 is 0 Å². The molecule has 1 N–H and O–H groups in total. The topological polar surface area (TPSA) is 21.3 Å². The van der Waals surface area contributed by atoms with Crippen LogP contribution < -0.4 is 5.48 Å². The molecule has 16 heavy (non-hydrogen) atoms. The van der Waals surface area contributed by atoms with Crippen LogP contribution in [0.3, 0.4) is 0 Å². The lowest BCUT2D eigenvalue weighted by Crippen LogP contribution is -2.25. The van der Waals surface area contributed by atoms with Gasteiger partial charge in [-0.05, 0) is 25.8 Å². The van der Waals surface area contributed by atoms with Crippen LogP contribution in [0, 0.1) is 5.82 Å². The van der Waals surface area contributed by atoms with Gasteiger partial charge in [-0.2, -0.15) is 5.48 Å². The Morgan fingerprint density at radius 1 is 1.31 bits per heavy atom. The van der Waals surface area contributed by atoms with Crippen molar-refractivity contribution in [2.75, 3.05) is 0 Å². The van der Waals surface area contributed by atoms with Gasteiger partial charge < -0.3 is 0 Å². The van der Waals surface area contributed by atoms with Crippen molar-refractivity contribution in [2.45, 2.75) is 44.8 Å². The van der Waals surface area contributed by atoms with Crippen molar-refractivity contribution < 1.29 is 9.23 Å². The molecule has 0 radical (unpaired) electrons. The molecule has 0 amide bonds. The summed E-state index contributed by atoms with van der Waals surface area (Å²) in [5.74, 6) is -0.183. The molecule has 2 nitrogen and oxygen atoms in total. The maximum Gasteiger partial charge on any atom is 0.128 e. The first-order valence-electron chi connectivity index (χ1n) is 5.93. The number of nitrogens with one attached hydrogen (secondary N) is 1. The van der Waals surface area contributed by atoms with E-state index in [0.29, 0.717) is 11.7 Å². The molecule has 1 aromatic carbocycles. The van der Waals surface area contributed by atoms with Gasteiger partial charge in [0.05, 0.1) is 12.1 Å². The van der Waals surface area contributed by atoms with Crippen LogP contribution in [0.15, 0.2) is 24.3 Å². The Hall–Kier alpha value is -0.930. The summed E-state index contributed by atoms with van der Waals surface area (Å²) in [7, 11) is 0. The van der Waals surface area contributed by atoms with Gasteiger partial charge in [-0.25, -0.2) is 4.39 Å². The SMILES string of the molecule is CC(NOC1CCCC1)c1ccccc1F. The Bertz CT molecular complexity index is 336. The third-order valence-corrected chi connectivity index (χ3v) is 3.09. The van der Waals surface area contributed by atoms with Crippen molar-refractivity contribution in [3.63, 3.8) is 0 Å². The van der Waals surface area contributed by atoms with E-state index in [4.69, 9.17) is 4.84 Å². The summed E-state index contributed by atoms with van der Waals surface area (Å²) in [5.41, 5.74) is 3.59. The first kappa shape index (κ1) is 11.6. The molecule has 0 saturated heterocycles. The van der Waals surface area contributed by atoms with Crippen molar-refractivity contribution >= 4 is 0 Å². The summed E-state index contributed by atoms with van der Waals surface area (Å²) in [4.78, 5) is 5.56. The Balaban J connectivity index is 1.87. The van der Waals surface area contributed by atoms with Gasteiger partial charge >= 0.3 is 0 Å². The van der Waals surface area contributed by atoms with Crippen molar-refractivity contribution in [3.8, 4) is 0 Å². The van der Waals surface area contributed by atoms with Gasteiger partial charge in [-0.1, -0.05) is 31.0 Å². The third kappa shape index (κ3) is 2.80. The number of halogens is 1. The molecule has 1 aromatic rings. The fourth-order valence-electron chi connectivity index (χ4n) is 2.09. The van der Waals surface area contributed by atoms with Gasteiger partial charge in [-0.15, -0.1) is 0 Å². The van der Waals surface area contributed by atoms with E-state index in [0.717, 1.165) is 12.8 Å². The monoisotopic (exact) mass is 223 g/mol. The lowest BCUT2D eigenvalue weighted by atomic mass is 10.1. The minimum Gasteiger partial charge on any atom is -0.298 e. The van der Waals surface area contributed by atoms with E-state index in [1.165, 1.54) is 18.9 Å². The van der Waals surface area contributed by atoms with E-state index in [1.807, 2.05) is 13.0 Å². The Morgan fingerprint density at radius 2 is 2.00 bits per heavy atom. The first-order valence-corrected chi connectivity index (χ1v) is 5.93. The summed E-state index contributed by atoms with van der Waals surface area (Å²) >= 11 is 0. The zero-order valence-corrected chi connectivity index (χ0v) is 9.58.